The number of carbonyl (C=O) groups is 2. The molecule has 2 aromatic carbocycles. The summed E-state index contributed by atoms with van der Waals surface area (Å²) in [5.74, 6) is 0.176. The Morgan fingerprint density at radius 2 is 1.80 bits per heavy atom. The Kier molecular flexibility index (Phi) is 7.57. The van der Waals surface area contributed by atoms with Crippen LogP contribution < -0.4 is 10.6 Å². The van der Waals surface area contributed by atoms with E-state index in [0.717, 1.165) is 22.6 Å². The molecule has 0 aliphatic carbocycles. The first kappa shape index (κ1) is 24.9. The van der Waals surface area contributed by atoms with Gasteiger partial charge in [-0.3, -0.25) is 14.9 Å². The summed E-state index contributed by atoms with van der Waals surface area (Å²) in [5.41, 5.74) is 3.51. The molecular weight excluding hydrogens is 478 g/mol. The summed E-state index contributed by atoms with van der Waals surface area (Å²) in [6, 6.07) is 16.7. The molecule has 35 heavy (non-hydrogen) atoms. The number of amides is 2. The van der Waals surface area contributed by atoms with Gasteiger partial charge in [0.05, 0.1) is 11.9 Å². The summed E-state index contributed by atoms with van der Waals surface area (Å²) in [6.45, 7) is 6.38. The van der Waals surface area contributed by atoms with Crippen molar-refractivity contribution in [3.63, 3.8) is 0 Å². The molecule has 0 aliphatic heterocycles. The second-order valence-corrected chi connectivity index (χ2v) is 11.2. The van der Waals surface area contributed by atoms with Crippen molar-refractivity contribution < 1.29 is 9.59 Å². The molecule has 0 spiro atoms. The number of fused-ring (bicyclic) bond motifs is 1. The number of hydrogen-bond donors (Lipinski definition) is 2. The predicted octanol–water partition coefficient (Wildman–Crippen LogP) is 5.25. The smallest absolute Gasteiger partial charge is 0.251 e. The van der Waals surface area contributed by atoms with Gasteiger partial charge < -0.3 is 5.32 Å². The van der Waals surface area contributed by atoms with E-state index in [-0.39, 0.29) is 17.2 Å². The van der Waals surface area contributed by atoms with Crippen LogP contribution in [0.25, 0.3) is 16.2 Å². The van der Waals surface area contributed by atoms with Gasteiger partial charge in [0.25, 0.3) is 5.91 Å². The zero-order valence-electron chi connectivity index (χ0n) is 20.2. The monoisotopic (exact) mass is 507 g/mol. The summed E-state index contributed by atoms with van der Waals surface area (Å²) in [6.07, 6.45) is 4.33. The van der Waals surface area contributed by atoms with Crippen molar-refractivity contribution in [1.82, 2.24) is 19.9 Å². The van der Waals surface area contributed by atoms with Crippen molar-refractivity contribution in [3.8, 4) is 11.3 Å². The minimum atomic E-state index is -0.673. The lowest BCUT2D eigenvalue weighted by Crippen LogP contribution is -2.44. The van der Waals surface area contributed by atoms with Crippen LogP contribution in [0.1, 0.15) is 43.1 Å². The summed E-state index contributed by atoms with van der Waals surface area (Å²) >= 11 is 2.92. The molecule has 0 aliphatic rings. The Hall–Kier alpha value is -3.17. The second kappa shape index (κ2) is 10.6. The molecule has 4 rings (SSSR count). The number of benzene rings is 2. The molecule has 4 aromatic rings. The maximum Gasteiger partial charge on any atom is 0.251 e. The lowest BCUT2D eigenvalue weighted by atomic mass is 9.86. The average molecular weight is 508 g/mol. The Balaban J connectivity index is 1.45. The van der Waals surface area contributed by atoms with Gasteiger partial charge in [-0.1, -0.05) is 74.6 Å². The number of anilines is 1. The Morgan fingerprint density at radius 1 is 1.09 bits per heavy atom. The largest absolute Gasteiger partial charge is 0.340 e. The molecule has 9 heteroatoms. The highest BCUT2D eigenvalue weighted by molar-refractivity contribution is 7.98. The number of nitrogens with one attached hydrogen (secondary N) is 2. The molecular formula is C26H29N5O2S2. The topological polar surface area (TPSA) is 88.4 Å². The highest BCUT2D eigenvalue weighted by Crippen LogP contribution is 2.25. The third-order valence-corrected chi connectivity index (χ3v) is 7.07. The first-order valence-corrected chi connectivity index (χ1v) is 13.6. The van der Waals surface area contributed by atoms with E-state index in [1.54, 1.807) is 28.4 Å². The van der Waals surface area contributed by atoms with E-state index < -0.39 is 6.04 Å². The van der Waals surface area contributed by atoms with Crippen LogP contribution in [0.5, 0.6) is 0 Å². The first-order chi connectivity index (χ1) is 16.7. The van der Waals surface area contributed by atoms with Gasteiger partial charge in [-0.25, -0.2) is 9.50 Å². The van der Waals surface area contributed by atoms with E-state index in [4.69, 9.17) is 0 Å². The highest BCUT2D eigenvalue weighted by Gasteiger charge is 2.23. The van der Waals surface area contributed by atoms with Gasteiger partial charge in [-0.05, 0) is 41.5 Å². The molecule has 0 saturated heterocycles. The first-order valence-electron chi connectivity index (χ1n) is 11.4. The number of nitrogens with zero attached hydrogens (tertiary/aromatic N) is 3. The van der Waals surface area contributed by atoms with Crippen LogP contribution in [-0.4, -0.2) is 44.5 Å². The molecule has 2 amide bonds. The van der Waals surface area contributed by atoms with E-state index in [2.05, 4.69) is 41.5 Å². The fraction of sp³-hybridized carbons (Fsp3) is 0.308. The molecule has 0 bridgehead atoms. The Morgan fingerprint density at radius 3 is 2.43 bits per heavy atom. The third kappa shape index (κ3) is 6.10. The molecule has 2 N–H and O–H groups in total. The SMILES string of the molecule is CSCC[C@@H](NC(=O)c1ccc(C(C)(C)C)cc1)C(=O)Nc1nn2cc(-c3ccccc3)nc2s1. The fourth-order valence-electron chi connectivity index (χ4n) is 3.56. The Bertz CT molecular complexity index is 1280. The number of imidazole rings is 1. The van der Waals surface area contributed by atoms with E-state index in [1.165, 1.54) is 11.3 Å². The van der Waals surface area contributed by atoms with Gasteiger partial charge in [0, 0.05) is 11.1 Å². The van der Waals surface area contributed by atoms with Gasteiger partial charge in [-0.15, -0.1) is 5.10 Å². The molecule has 182 valence electrons. The van der Waals surface area contributed by atoms with E-state index in [0.29, 0.717) is 22.1 Å². The number of aromatic nitrogens is 3. The third-order valence-electron chi connectivity index (χ3n) is 5.59. The zero-order chi connectivity index (χ0) is 25.0. The van der Waals surface area contributed by atoms with Crippen LogP contribution >= 0.6 is 23.1 Å². The van der Waals surface area contributed by atoms with Crippen molar-refractivity contribution in [2.45, 2.75) is 38.6 Å². The van der Waals surface area contributed by atoms with E-state index in [1.807, 2.05) is 54.9 Å². The maximum atomic E-state index is 13.1. The molecule has 0 unspecified atom stereocenters. The van der Waals surface area contributed by atoms with Gasteiger partial charge in [-0.2, -0.15) is 11.8 Å². The van der Waals surface area contributed by atoms with Crippen molar-refractivity contribution in [2.24, 2.45) is 0 Å². The van der Waals surface area contributed by atoms with Crippen LogP contribution in [-0.2, 0) is 10.2 Å². The zero-order valence-corrected chi connectivity index (χ0v) is 21.9. The Labute approximate surface area is 213 Å². The van der Waals surface area contributed by atoms with Crippen molar-refractivity contribution in [3.05, 3.63) is 71.9 Å². The number of carbonyl (C=O) groups excluding carboxylic acids is 2. The van der Waals surface area contributed by atoms with Crippen LogP contribution in [0, 0.1) is 0 Å². The fourth-order valence-corrected chi connectivity index (χ4v) is 4.81. The highest BCUT2D eigenvalue weighted by atomic mass is 32.2. The summed E-state index contributed by atoms with van der Waals surface area (Å²) in [7, 11) is 0. The molecule has 1 atom stereocenters. The molecule has 0 fully saturated rings. The molecule has 2 aromatic heterocycles. The average Bonchev–Trinajstić information content (AvgIpc) is 3.40. The van der Waals surface area contributed by atoms with Gasteiger partial charge in [0.1, 0.15) is 6.04 Å². The molecule has 0 saturated carbocycles. The molecule has 0 radical (unpaired) electrons. The minimum Gasteiger partial charge on any atom is -0.340 e. The maximum absolute atomic E-state index is 13.1. The van der Waals surface area contributed by atoms with E-state index >= 15 is 0 Å². The van der Waals surface area contributed by atoms with Gasteiger partial charge >= 0.3 is 0 Å². The lowest BCUT2D eigenvalue weighted by molar-refractivity contribution is -0.118. The molecule has 2 heterocycles. The van der Waals surface area contributed by atoms with Crippen molar-refractivity contribution in [1.29, 1.82) is 0 Å². The molecule has 7 nitrogen and oxygen atoms in total. The second-order valence-electron chi connectivity index (χ2n) is 9.25. The van der Waals surface area contributed by atoms with Crippen LogP contribution in [0.4, 0.5) is 5.13 Å². The van der Waals surface area contributed by atoms with Crippen LogP contribution in [0.2, 0.25) is 0 Å². The predicted molar refractivity (Wildman–Crippen MR) is 144 cm³/mol. The summed E-state index contributed by atoms with van der Waals surface area (Å²) in [4.78, 5) is 31.2. The number of hydrogen-bond acceptors (Lipinski definition) is 6. The summed E-state index contributed by atoms with van der Waals surface area (Å²) < 4.78 is 1.66. The minimum absolute atomic E-state index is 0.00507. The number of thioether (sulfide) groups is 1. The lowest BCUT2D eigenvalue weighted by Gasteiger charge is -2.20. The standard InChI is InChI=1S/C26H29N5O2S2/c1-26(2,3)19-12-10-18(11-13-19)22(32)27-20(14-15-34-4)23(33)29-24-30-31-16-21(28-25(31)35-24)17-8-6-5-7-9-17/h5-13,16,20H,14-15H2,1-4H3,(H,27,32)(H,29,30,33)/t20-/m1/s1. The van der Waals surface area contributed by atoms with Crippen molar-refractivity contribution in [2.75, 3.05) is 17.3 Å². The van der Waals surface area contributed by atoms with Crippen LogP contribution in [0.3, 0.4) is 0 Å². The van der Waals surface area contributed by atoms with Gasteiger partial charge in [0.2, 0.25) is 16.0 Å². The quantitative estimate of drug-likeness (QED) is 0.340. The normalized spacial score (nSPS) is 12.5. The number of rotatable bonds is 8. The van der Waals surface area contributed by atoms with Crippen LogP contribution in [0.15, 0.2) is 60.8 Å². The summed E-state index contributed by atoms with van der Waals surface area (Å²) in [5, 5.41) is 10.6. The van der Waals surface area contributed by atoms with Gasteiger partial charge in [0.15, 0.2) is 0 Å². The van der Waals surface area contributed by atoms with Crippen molar-refractivity contribution >= 4 is 45.0 Å². The van der Waals surface area contributed by atoms with E-state index in [9.17, 15) is 9.59 Å².